The molecule has 120 valence electrons. The zero-order valence-electron chi connectivity index (χ0n) is 12.9. The average Bonchev–Trinajstić information content (AvgIpc) is 2.38. The number of benzene rings is 1. The van der Waals surface area contributed by atoms with Gasteiger partial charge in [0, 0.05) is 6.54 Å². The van der Waals surface area contributed by atoms with Crippen LogP contribution in [0.2, 0.25) is 0 Å². The number of hydrogen-bond donors (Lipinski definition) is 2. The first-order chi connectivity index (χ1) is 9.34. The van der Waals surface area contributed by atoms with Gasteiger partial charge in [-0.3, -0.25) is 4.79 Å². The van der Waals surface area contributed by atoms with Crippen molar-refractivity contribution in [2.45, 2.75) is 26.9 Å². The molecular formula is C15H24ClNO4. The van der Waals surface area contributed by atoms with Crippen LogP contribution in [0.15, 0.2) is 24.3 Å². The normalized spacial score (nSPS) is 12.2. The van der Waals surface area contributed by atoms with Crippen molar-refractivity contribution in [3.8, 4) is 5.75 Å². The lowest BCUT2D eigenvalue weighted by molar-refractivity contribution is -0.159. The third kappa shape index (κ3) is 6.80. The van der Waals surface area contributed by atoms with Crippen LogP contribution in [0, 0.1) is 5.41 Å². The molecule has 21 heavy (non-hydrogen) atoms. The Hall–Kier alpha value is -1.30. The zero-order valence-corrected chi connectivity index (χ0v) is 13.7. The minimum Gasteiger partial charge on any atom is -0.457 e. The predicted molar refractivity (Wildman–Crippen MR) is 83.6 cm³/mol. The highest BCUT2D eigenvalue weighted by Gasteiger charge is 2.23. The minimum atomic E-state index is -0.597. The highest BCUT2D eigenvalue weighted by atomic mass is 35.5. The van der Waals surface area contributed by atoms with Gasteiger partial charge in [0.2, 0.25) is 6.79 Å². The standard InChI is InChI=1S/C15H23NO4.ClH/c1-15(2,3)14(18)20-10-19-12-7-5-6-11(8-12)13(17)9-16-4;/h5-8,13,16-17H,9-10H2,1-4H3;1H. The van der Waals surface area contributed by atoms with Gasteiger partial charge in [-0.25, -0.2) is 0 Å². The smallest absolute Gasteiger partial charge is 0.314 e. The number of ether oxygens (including phenoxy) is 2. The van der Waals surface area contributed by atoms with Crippen LogP contribution in [0.4, 0.5) is 0 Å². The molecule has 5 nitrogen and oxygen atoms in total. The van der Waals surface area contributed by atoms with Gasteiger partial charge >= 0.3 is 5.97 Å². The number of carbonyl (C=O) groups is 1. The van der Waals surface area contributed by atoms with E-state index in [1.807, 2.05) is 6.07 Å². The summed E-state index contributed by atoms with van der Waals surface area (Å²) in [7, 11) is 1.77. The molecular weight excluding hydrogens is 294 g/mol. The second-order valence-electron chi connectivity index (χ2n) is 5.59. The maximum absolute atomic E-state index is 11.6. The van der Waals surface area contributed by atoms with E-state index in [9.17, 15) is 9.90 Å². The van der Waals surface area contributed by atoms with E-state index in [-0.39, 0.29) is 25.2 Å². The number of aliphatic hydroxyl groups excluding tert-OH is 1. The van der Waals surface area contributed by atoms with Gasteiger partial charge in [0.15, 0.2) is 0 Å². The third-order valence-electron chi connectivity index (χ3n) is 2.67. The molecule has 0 amide bonds. The second-order valence-corrected chi connectivity index (χ2v) is 5.59. The first-order valence-electron chi connectivity index (χ1n) is 6.57. The first-order valence-corrected chi connectivity index (χ1v) is 6.57. The lowest BCUT2D eigenvalue weighted by atomic mass is 9.98. The highest BCUT2D eigenvalue weighted by molar-refractivity contribution is 5.85. The van der Waals surface area contributed by atoms with Crippen LogP contribution >= 0.6 is 12.4 Å². The number of aliphatic hydroxyl groups is 1. The van der Waals surface area contributed by atoms with Gasteiger partial charge in [0.1, 0.15) is 5.75 Å². The van der Waals surface area contributed by atoms with Crippen LogP contribution < -0.4 is 10.1 Å². The van der Waals surface area contributed by atoms with Crippen molar-refractivity contribution in [3.63, 3.8) is 0 Å². The van der Waals surface area contributed by atoms with Crippen LogP contribution in [0.3, 0.4) is 0 Å². The SMILES string of the molecule is CNCC(O)c1cccc(OCOC(=O)C(C)(C)C)c1.Cl. The largest absolute Gasteiger partial charge is 0.457 e. The Morgan fingerprint density at radius 2 is 2.05 bits per heavy atom. The van der Waals surface area contributed by atoms with Crippen molar-refractivity contribution in [1.29, 1.82) is 0 Å². The molecule has 0 aliphatic rings. The van der Waals surface area contributed by atoms with Crippen molar-refractivity contribution in [2.24, 2.45) is 5.41 Å². The topological polar surface area (TPSA) is 67.8 Å². The van der Waals surface area contributed by atoms with E-state index >= 15 is 0 Å². The minimum absolute atomic E-state index is 0. The van der Waals surface area contributed by atoms with E-state index in [1.165, 1.54) is 0 Å². The van der Waals surface area contributed by atoms with Crippen molar-refractivity contribution in [1.82, 2.24) is 5.32 Å². The number of rotatable bonds is 6. The molecule has 0 spiro atoms. The van der Waals surface area contributed by atoms with Gasteiger partial charge in [-0.1, -0.05) is 12.1 Å². The van der Waals surface area contributed by atoms with Crippen LogP contribution in [0.5, 0.6) is 5.75 Å². The van der Waals surface area contributed by atoms with E-state index in [4.69, 9.17) is 9.47 Å². The molecule has 2 N–H and O–H groups in total. The number of likely N-dealkylation sites (N-methyl/N-ethyl adjacent to an activating group) is 1. The Labute approximate surface area is 132 Å². The maximum Gasteiger partial charge on any atom is 0.314 e. The number of esters is 1. The molecule has 0 aliphatic heterocycles. The summed E-state index contributed by atoms with van der Waals surface area (Å²) in [6.07, 6.45) is -0.597. The fraction of sp³-hybridized carbons (Fsp3) is 0.533. The van der Waals surface area contributed by atoms with Gasteiger partial charge < -0.3 is 19.9 Å². The number of hydrogen-bond acceptors (Lipinski definition) is 5. The van der Waals surface area contributed by atoms with Crippen LogP contribution in [-0.4, -0.2) is 31.5 Å². The van der Waals surface area contributed by atoms with Crippen LogP contribution in [-0.2, 0) is 9.53 Å². The van der Waals surface area contributed by atoms with Gasteiger partial charge in [0.25, 0.3) is 0 Å². The third-order valence-corrected chi connectivity index (χ3v) is 2.67. The van der Waals surface area contributed by atoms with Gasteiger partial charge in [0.05, 0.1) is 11.5 Å². The van der Waals surface area contributed by atoms with Gasteiger partial charge in [-0.15, -0.1) is 12.4 Å². The molecule has 6 heteroatoms. The molecule has 0 saturated carbocycles. The zero-order chi connectivity index (χ0) is 15.2. The summed E-state index contributed by atoms with van der Waals surface area (Å²) in [5.74, 6) is 0.239. The van der Waals surface area contributed by atoms with Gasteiger partial charge in [-0.2, -0.15) is 0 Å². The Kier molecular flexibility index (Phi) is 8.32. The van der Waals surface area contributed by atoms with Crippen LogP contribution in [0.1, 0.15) is 32.4 Å². The van der Waals surface area contributed by atoms with Crippen molar-refractivity contribution >= 4 is 18.4 Å². The molecule has 1 aromatic rings. The number of carbonyl (C=O) groups excluding carboxylic acids is 1. The Morgan fingerprint density at radius 3 is 2.62 bits per heavy atom. The lowest BCUT2D eigenvalue weighted by Gasteiger charge is -2.17. The molecule has 0 saturated heterocycles. The summed E-state index contributed by atoms with van der Waals surface area (Å²) < 4.78 is 10.4. The van der Waals surface area contributed by atoms with Crippen molar-refractivity contribution in [3.05, 3.63) is 29.8 Å². The number of nitrogens with one attached hydrogen (secondary N) is 1. The lowest BCUT2D eigenvalue weighted by Crippen LogP contribution is -2.24. The summed E-state index contributed by atoms with van der Waals surface area (Å²) in [5.41, 5.74) is 0.202. The fourth-order valence-electron chi connectivity index (χ4n) is 1.49. The molecule has 0 aromatic heterocycles. The van der Waals surface area contributed by atoms with Crippen molar-refractivity contribution < 1.29 is 19.4 Å². The van der Waals surface area contributed by atoms with E-state index in [2.05, 4.69) is 5.32 Å². The van der Waals surface area contributed by atoms with E-state index in [1.54, 1.807) is 46.0 Å². The van der Waals surface area contributed by atoms with Crippen LogP contribution in [0.25, 0.3) is 0 Å². The summed E-state index contributed by atoms with van der Waals surface area (Å²) in [5, 5.41) is 12.8. The number of halogens is 1. The van der Waals surface area contributed by atoms with E-state index < -0.39 is 11.5 Å². The molecule has 0 heterocycles. The molecule has 0 fully saturated rings. The second kappa shape index (κ2) is 8.87. The quantitative estimate of drug-likeness (QED) is 0.622. The molecule has 1 unspecified atom stereocenters. The Balaban J connectivity index is 0.00000400. The Morgan fingerprint density at radius 1 is 1.38 bits per heavy atom. The molecule has 0 radical (unpaired) electrons. The highest BCUT2D eigenvalue weighted by Crippen LogP contribution is 2.20. The molecule has 0 aliphatic carbocycles. The summed E-state index contributed by atoms with van der Waals surface area (Å²) in [6.45, 7) is 5.67. The molecule has 1 atom stereocenters. The molecule has 1 aromatic carbocycles. The maximum atomic E-state index is 11.6. The summed E-state index contributed by atoms with van der Waals surface area (Å²) in [6, 6.07) is 7.08. The first kappa shape index (κ1) is 19.7. The van der Waals surface area contributed by atoms with E-state index in [0.29, 0.717) is 12.3 Å². The summed E-state index contributed by atoms with van der Waals surface area (Å²) >= 11 is 0. The molecule has 0 bridgehead atoms. The molecule has 1 rings (SSSR count). The summed E-state index contributed by atoms with van der Waals surface area (Å²) in [4.78, 5) is 11.6. The van der Waals surface area contributed by atoms with E-state index in [0.717, 1.165) is 5.56 Å². The van der Waals surface area contributed by atoms with Gasteiger partial charge in [-0.05, 0) is 45.5 Å². The Bertz CT molecular complexity index is 446. The van der Waals surface area contributed by atoms with Crippen molar-refractivity contribution in [2.75, 3.05) is 20.4 Å². The average molecular weight is 318 g/mol. The fourth-order valence-corrected chi connectivity index (χ4v) is 1.49. The monoisotopic (exact) mass is 317 g/mol. The predicted octanol–water partition coefficient (Wildman–Crippen LogP) is 2.29.